The summed E-state index contributed by atoms with van der Waals surface area (Å²) in [6, 6.07) is 12.7. The van der Waals surface area contributed by atoms with Gasteiger partial charge in [-0.25, -0.2) is 0 Å². The molecule has 1 aliphatic heterocycles. The minimum Gasteiger partial charge on any atom is -0.446 e. The van der Waals surface area contributed by atoms with E-state index >= 15 is 0 Å². The molecule has 134 valence electrons. The predicted molar refractivity (Wildman–Crippen MR) is 107 cm³/mol. The summed E-state index contributed by atoms with van der Waals surface area (Å²) in [5.74, 6) is -0.0995. The van der Waals surface area contributed by atoms with E-state index in [2.05, 4.69) is 43.6 Å². The molecule has 26 heavy (non-hydrogen) atoms. The van der Waals surface area contributed by atoms with Crippen LogP contribution in [0, 0.1) is 3.57 Å². The largest absolute Gasteiger partial charge is 0.446 e. The van der Waals surface area contributed by atoms with Crippen LogP contribution in [0.1, 0.15) is 31.2 Å². The van der Waals surface area contributed by atoms with E-state index in [9.17, 15) is 9.59 Å². The van der Waals surface area contributed by atoms with Crippen molar-refractivity contribution in [1.82, 2.24) is 5.01 Å². The SMILES string of the molecule is CC(=O)Oc1ccc(Br)cc1[C@H]1OC(c2cccc(I)c2)=NN1C(C)=O. The van der Waals surface area contributed by atoms with Gasteiger partial charge in [-0.1, -0.05) is 22.0 Å². The van der Waals surface area contributed by atoms with Crippen LogP contribution in [0.3, 0.4) is 0 Å². The van der Waals surface area contributed by atoms with E-state index in [-0.39, 0.29) is 5.91 Å². The maximum absolute atomic E-state index is 12.1. The van der Waals surface area contributed by atoms with Gasteiger partial charge in [-0.3, -0.25) is 9.59 Å². The molecule has 0 saturated carbocycles. The third-order valence-corrected chi connectivity index (χ3v) is 4.69. The zero-order valence-corrected chi connectivity index (χ0v) is 17.6. The summed E-state index contributed by atoms with van der Waals surface area (Å²) in [5, 5.41) is 5.57. The second-order valence-corrected chi connectivity index (χ2v) is 7.69. The summed E-state index contributed by atoms with van der Waals surface area (Å²) in [6.45, 7) is 2.72. The molecule has 2 aromatic carbocycles. The van der Waals surface area contributed by atoms with Gasteiger partial charge in [-0.15, -0.1) is 5.10 Å². The number of hydrogen-bond donors (Lipinski definition) is 0. The van der Waals surface area contributed by atoms with Crippen molar-refractivity contribution in [3.05, 3.63) is 61.6 Å². The number of hydrazone groups is 1. The average Bonchev–Trinajstić information content (AvgIpc) is 3.01. The zero-order chi connectivity index (χ0) is 18.8. The Morgan fingerprint density at radius 1 is 1.23 bits per heavy atom. The second-order valence-electron chi connectivity index (χ2n) is 5.53. The number of ether oxygens (including phenoxy) is 2. The molecule has 0 saturated heterocycles. The summed E-state index contributed by atoms with van der Waals surface area (Å²) >= 11 is 5.59. The van der Waals surface area contributed by atoms with Gasteiger partial charge in [0, 0.05) is 27.5 Å². The lowest BCUT2D eigenvalue weighted by Crippen LogP contribution is -2.26. The van der Waals surface area contributed by atoms with Crippen LogP contribution in [0.4, 0.5) is 0 Å². The quantitative estimate of drug-likeness (QED) is 0.340. The van der Waals surface area contributed by atoms with Gasteiger partial charge in [0.25, 0.3) is 0 Å². The highest BCUT2D eigenvalue weighted by atomic mass is 127. The van der Waals surface area contributed by atoms with Crippen LogP contribution in [-0.4, -0.2) is 22.8 Å². The fourth-order valence-corrected chi connectivity index (χ4v) is 3.39. The van der Waals surface area contributed by atoms with Crippen molar-refractivity contribution in [1.29, 1.82) is 0 Å². The van der Waals surface area contributed by atoms with Crippen LogP contribution in [0.5, 0.6) is 5.75 Å². The minimum absolute atomic E-state index is 0.288. The van der Waals surface area contributed by atoms with Gasteiger partial charge in [0.05, 0.1) is 5.56 Å². The van der Waals surface area contributed by atoms with E-state index in [1.54, 1.807) is 18.2 Å². The van der Waals surface area contributed by atoms with Crippen LogP contribution < -0.4 is 4.74 Å². The number of carbonyl (C=O) groups is 2. The van der Waals surface area contributed by atoms with Crippen LogP contribution in [0.25, 0.3) is 0 Å². The van der Waals surface area contributed by atoms with Crippen molar-refractivity contribution in [3.8, 4) is 5.75 Å². The fraction of sp³-hybridized carbons (Fsp3) is 0.167. The maximum atomic E-state index is 12.1. The standard InChI is InChI=1S/C18H14BrIN2O4/c1-10(23)22-18(15-9-13(19)6-7-16(15)25-11(2)24)26-17(21-22)12-4-3-5-14(20)8-12/h3-9,18H,1-2H3/t18-/m1/s1. The molecule has 0 aliphatic carbocycles. The number of nitrogens with zero attached hydrogens (tertiary/aromatic N) is 2. The Morgan fingerprint density at radius 2 is 2.00 bits per heavy atom. The highest BCUT2D eigenvalue weighted by Gasteiger charge is 2.35. The molecule has 2 aromatic rings. The number of carbonyl (C=O) groups excluding carboxylic acids is 2. The smallest absolute Gasteiger partial charge is 0.308 e. The molecule has 0 N–H and O–H groups in total. The van der Waals surface area contributed by atoms with Crippen LogP contribution in [-0.2, 0) is 14.3 Å². The predicted octanol–water partition coefficient (Wildman–Crippen LogP) is 4.22. The molecule has 1 amide bonds. The number of esters is 1. The summed E-state index contributed by atoms with van der Waals surface area (Å²) in [6.07, 6.45) is -0.827. The van der Waals surface area contributed by atoms with Gasteiger partial charge in [0.1, 0.15) is 5.75 Å². The molecule has 0 spiro atoms. The molecule has 1 aliphatic rings. The Kier molecular flexibility index (Phi) is 5.61. The molecule has 6 nitrogen and oxygen atoms in total. The normalized spacial score (nSPS) is 16.1. The lowest BCUT2D eigenvalue weighted by Gasteiger charge is -2.21. The number of rotatable bonds is 3. The Labute approximate surface area is 172 Å². The molecule has 8 heteroatoms. The van der Waals surface area contributed by atoms with Crippen molar-refractivity contribution < 1.29 is 19.1 Å². The molecule has 1 heterocycles. The third kappa shape index (κ3) is 4.07. The lowest BCUT2D eigenvalue weighted by atomic mass is 10.1. The van der Waals surface area contributed by atoms with Crippen molar-refractivity contribution in [2.24, 2.45) is 5.10 Å². The third-order valence-electron chi connectivity index (χ3n) is 3.53. The fourth-order valence-electron chi connectivity index (χ4n) is 2.47. The van der Waals surface area contributed by atoms with E-state index in [1.165, 1.54) is 18.9 Å². The van der Waals surface area contributed by atoms with Gasteiger partial charge in [0.15, 0.2) is 0 Å². The second kappa shape index (κ2) is 7.75. The van der Waals surface area contributed by atoms with E-state index in [4.69, 9.17) is 9.47 Å². The highest BCUT2D eigenvalue weighted by Crippen LogP contribution is 2.37. The zero-order valence-electron chi connectivity index (χ0n) is 13.9. The molecule has 0 bridgehead atoms. The van der Waals surface area contributed by atoms with E-state index in [1.807, 2.05) is 24.3 Å². The van der Waals surface area contributed by atoms with E-state index in [0.29, 0.717) is 17.2 Å². The Balaban J connectivity index is 2.02. The first-order chi connectivity index (χ1) is 12.3. The van der Waals surface area contributed by atoms with Gasteiger partial charge >= 0.3 is 5.97 Å². The average molecular weight is 529 g/mol. The molecule has 0 radical (unpaired) electrons. The first kappa shape index (κ1) is 18.8. The molecule has 0 fully saturated rings. The number of halogens is 2. The van der Waals surface area contributed by atoms with E-state index < -0.39 is 12.2 Å². The van der Waals surface area contributed by atoms with Gasteiger partial charge in [-0.05, 0) is 59.0 Å². The minimum atomic E-state index is -0.827. The highest BCUT2D eigenvalue weighted by molar-refractivity contribution is 14.1. The van der Waals surface area contributed by atoms with Crippen LogP contribution in [0.15, 0.2) is 52.0 Å². The molecular weight excluding hydrogens is 515 g/mol. The molecule has 0 unspecified atom stereocenters. The van der Waals surface area contributed by atoms with Gasteiger partial charge in [-0.2, -0.15) is 5.01 Å². The van der Waals surface area contributed by atoms with Crippen molar-refractivity contribution >= 4 is 56.3 Å². The van der Waals surface area contributed by atoms with Gasteiger partial charge < -0.3 is 9.47 Å². The molecule has 1 atom stereocenters. The summed E-state index contributed by atoms with van der Waals surface area (Å²) < 4.78 is 13.0. The topological polar surface area (TPSA) is 68.2 Å². The first-order valence-electron chi connectivity index (χ1n) is 7.64. The van der Waals surface area contributed by atoms with E-state index in [0.717, 1.165) is 13.6 Å². The molecule has 0 aromatic heterocycles. The summed E-state index contributed by atoms with van der Waals surface area (Å²) in [4.78, 5) is 23.5. The Bertz CT molecular complexity index is 916. The summed E-state index contributed by atoms with van der Waals surface area (Å²) in [7, 11) is 0. The first-order valence-corrected chi connectivity index (χ1v) is 9.51. The van der Waals surface area contributed by atoms with Crippen molar-refractivity contribution in [2.45, 2.75) is 20.1 Å². The van der Waals surface area contributed by atoms with Crippen LogP contribution in [0.2, 0.25) is 0 Å². The summed E-state index contributed by atoms with van der Waals surface area (Å²) in [5.41, 5.74) is 1.28. The number of benzene rings is 2. The molecule has 3 rings (SSSR count). The van der Waals surface area contributed by atoms with Crippen molar-refractivity contribution in [2.75, 3.05) is 0 Å². The maximum Gasteiger partial charge on any atom is 0.308 e. The van der Waals surface area contributed by atoms with Gasteiger partial charge in [0.2, 0.25) is 18.0 Å². The Hall–Kier alpha value is -1.94. The molecular formula is C18H14BrIN2O4. The van der Waals surface area contributed by atoms with Crippen LogP contribution >= 0.6 is 38.5 Å². The lowest BCUT2D eigenvalue weighted by molar-refractivity contribution is -0.135. The number of hydrogen-bond acceptors (Lipinski definition) is 5. The number of amides is 1. The van der Waals surface area contributed by atoms with Crippen molar-refractivity contribution in [3.63, 3.8) is 0 Å². The Morgan fingerprint density at radius 3 is 2.65 bits per heavy atom. The monoisotopic (exact) mass is 528 g/mol.